The van der Waals surface area contributed by atoms with Crippen LogP contribution in [0.15, 0.2) is 42.5 Å². The molecule has 2 aromatic rings. The van der Waals surface area contributed by atoms with E-state index in [9.17, 15) is 18.0 Å². The number of carbonyl (C=O) groups excluding carboxylic acids is 2. The van der Waals surface area contributed by atoms with Gasteiger partial charge in [0, 0.05) is 30.6 Å². The number of nitrogens with one attached hydrogen (secondary N) is 1. The highest BCUT2D eigenvalue weighted by atomic mass is 35.5. The summed E-state index contributed by atoms with van der Waals surface area (Å²) in [5.74, 6) is 0.172. The molecular weight excluding hydrogens is 514 g/mol. The summed E-state index contributed by atoms with van der Waals surface area (Å²) in [5, 5.41) is 3.41. The van der Waals surface area contributed by atoms with Gasteiger partial charge in [0.05, 0.1) is 19.1 Å². The Balaban J connectivity index is 2.23. The van der Waals surface area contributed by atoms with Crippen molar-refractivity contribution < 1.29 is 22.7 Å². The van der Waals surface area contributed by atoms with Crippen LogP contribution in [0.3, 0.4) is 0 Å². The van der Waals surface area contributed by atoms with E-state index in [1.165, 1.54) is 9.21 Å². The fraction of sp³-hybridized carbons (Fsp3) is 0.481. The number of amides is 2. The summed E-state index contributed by atoms with van der Waals surface area (Å²) in [4.78, 5) is 27.9. The molecule has 2 atom stereocenters. The van der Waals surface area contributed by atoms with Crippen molar-refractivity contribution in [1.29, 1.82) is 0 Å². The Labute approximate surface area is 226 Å². The number of hydrogen-bond donors (Lipinski definition) is 1. The minimum Gasteiger partial charge on any atom is -0.497 e. The molecule has 0 aromatic heterocycles. The quantitative estimate of drug-likeness (QED) is 0.394. The van der Waals surface area contributed by atoms with E-state index in [4.69, 9.17) is 16.3 Å². The number of nitrogens with zero attached hydrogens (tertiary/aromatic N) is 2. The first kappa shape index (κ1) is 30.4. The third kappa shape index (κ3) is 8.64. The highest BCUT2D eigenvalue weighted by molar-refractivity contribution is 7.92. The van der Waals surface area contributed by atoms with Crippen molar-refractivity contribution in [3.8, 4) is 5.75 Å². The minimum atomic E-state index is -3.61. The van der Waals surface area contributed by atoms with Gasteiger partial charge in [-0.3, -0.25) is 13.9 Å². The van der Waals surface area contributed by atoms with Crippen LogP contribution < -0.4 is 14.4 Å². The van der Waals surface area contributed by atoms with Gasteiger partial charge in [-0.1, -0.05) is 36.7 Å². The second-order valence-corrected chi connectivity index (χ2v) is 11.5. The molecule has 0 aliphatic carbocycles. The maximum absolute atomic E-state index is 13.4. The number of benzene rings is 2. The van der Waals surface area contributed by atoms with E-state index in [2.05, 4.69) is 5.32 Å². The molecule has 2 aromatic carbocycles. The van der Waals surface area contributed by atoms with E-state index in [0.717, 1.165) is 18.2 Å². The molecule has 0 radical (unpaired) electrons. The van der Waals surface area contributed by atoms with Gasteiger partial charge in [-0.25, -0.2) is 8.42 Å². The molecule has 37 heavy (non-hydrogen) atoms. The molecule has 0 spiro atoms. The lowest BCUT2D eigenvalue weighted by atomic mass is 10.1. The molecule has 0 fully saturated rings. The summed E-state index contributed by atoms with van der Waals surface area (Å²) in [6.45, 7) is 7.67. The van der Waals surface area contributed by atoms with Crippen LogP contribution >= 0.6 is 11.6 Å². The number of halogens is 1. The van der Waals surface area contributed by atoms with Gasteiger partial charge >= 0.3 is 0 Å². The fourth-order valence-corrected chi connectivity index (χ4v) is 5.05. The predicted octanol–water partition coefficient (Wildman–Crippen LogP) is 4.54. The average Bonchev–Trinajstić information content (AvgIpc) is 2.85. The number of hydrogen-bond acceptors (Lipinski definition) is 5. The zero-order valence-corrected chi connectivity index (χ0v) is 24.0. The van der Waals surface area contributed by atoms with Crippen LogP contribution in [0.2, 0.25) is 5.02 Å². The van der Waals surface area contributed by atoms with Gasteiger partial charge in [-0.05, 0) is 69.0 Å². The number of rotatable bonds is 13. The van der Waals surface area contributed by atoms with Crippen LogP contribution in [0.5, 0.6) is 5.75 Å². The standard InChI is InChI=1S/C27H38ClN3O5S/c1-7-19(2)29-27(33)21(4)30(18-22-11-8-12-23(17-22)36-5)26(32)15-10-16-31(37(6,34)35)25-14-9-13-24(28)20(25)3/h8-9,11-14,17,19,21H,7,10,15-16,18H2,1-6H3,(H,29,33)/t19-,21+/m0/s1. The van der Waals surface area contributed by atoms with Crippen molar-refractivity contribution in [1.82, 2.24) is 10.2 Å². The lowest BCUT2D eigenvalue weighted by molar-refractivity contribution is -0.140. The lowest BCUT2D eigenvalue weighted by Crippen LogP contribution is -2.49. The summed E-state index contributed by atoms with van der Waals surface area (Å²) >= 11 is 6.21. The third-order valence-corrected chi connectivity index (χ3v) is 7.90. The highest BCUT2D eigenvalue weighted by Gasteiger charge is 2.27. The van der Waals surface area contributed by atoms with E-state index in [-0.39, 0.29) is 43.8 Å². The normalized spacial score (nSPS) is 12.9. The van der Waals surface area contributed by atoms with Crippen LogP contribution in [0.4, 0.5) is 5.69 Å². The molecule has 0 saturated carbocycles. The first-order valence-electron chi connectivity index (χ1n) is 12.3. The van der Waals surface area contributed by atoms with Crippen molar-refractivity contribution in [3.63, 3.8) is 0 Å². The molecule has 2 amide bonds. The molecule has 204 valence electrons. The molecule has 0 unspecified atom stereocenters. The molecule has 0 aliphatic rings. The Morgan fingerprint density at radius 2 is 1.81 bits per heavy atom. The molecular formula is C27H38ClN3O5S. The smallest absolute Gasteiger partial charge is 0.242 e. The number of sulfonamides is 1. The summed E-state index contributed by atoms with van der Waals surface area (Å²) in [5.41, 5.74) is 1.95. The zero-order chi connectivity index (χ0) is 27.8. The van der Waals surface area contributed by atoms with Crippen LogP contribution in [-0.2, 0) is 26.2 Å². The SMILES string of the molecule is CC[C@H](C)NC(=O)[C@@H](C)N(Cc1cccc(OC)c1)C(=O)CCCN(c1cccc(Cl)c1C)S(C)(=O)=O. The Hall–Kier alpha value is -2.78. The monoisotopic (exact) mass is 551 g/mol. The molecule has 0 heterocycles. The maximum atomic E-state index is 13.4. The Kier molecular flexibility index (Phi) is 11.3. The topological polar surface area (TPSA) is 96.0 Å². The van der Waals surface area contributed by atoms with Crippen LogP contribution in [-0.4, -0.2) is 57.1 Å². The van der Waals surface area contributed by atoms with Crippen molar-refractivity contribution in [2.45, 2.75) is 65.6 Å². The van der Waals surface area contributed by atoms with E-state index >= 15 is 0 Å². The van der Waals surface area contributed by atoms with Gasteiger partial charge in [0.1, 0.15) is 11.8 Å². The second-order valence-electron chi connectivity index (χ2n) is 9.19. The van der Waals surface area contributed by atoms with Crippen molar-refractivity contribution >= 4 is 39.1 Å². The van der Waals surface area contributed by atoms with Gasteiger partial charge in [0.2, 0.25) is 21.8 Å². The largest absolute Gasteiger partial charge is 0.497 e. The van der Waals surface area contributed by atoms with Gasteiger partial charge in [-0.15, -0.1) is 0 Å². The van der Waals surface area contributed by atoms with Crippen LogP contribution in [0, 0.1) is 6.92 Å². The fourth-order valence-electron chi connectivity index (χ4n) is 3.86. The van der Waals surface area contributed by atoms with E-state index in [1.54, 1.807) is 39.2 Å². The van der Waals surface area contributed by atoms with E-state index in [1.807, 2.05) is 38.1 Å². The number of ether oxygens (including phenoxy) is 1. The molecule has 0 saturated heterocycles. The summed E-state index contributed by atoms with van der Waals surface area (Å²) in [6, 6.07) is 11.7. The van der Waals surface area contributed by atoms with Crippen molar-refractivity contribution in [2.75, 3.05) is 24.2 Å². The van der Waals surface area contributed by atoms with E-state index < -0.39 is 16.1 Å². The number of carbonyl (C=O) groups is 2. The number of anilines is 1. The highest BCUT2D eigenvalue weighted by Crippen LogP contribution is 2.28. The average molecular weight is 552 g/mol. The maximum Gasteiger partial charge on any atom is 0.242 e. The first-order valence-corrected chi connectivity index (χ1v) is 14.6. The second kappa shape index (κ2) is 13.7. The Bertz CT molecular complexity index is 1190. The number of methoxy groups -OCH3 is 1. The lowest BCUT2D eigenvalue weighted by Gasteiger charge is -2.30. The Morgan fingerprint density at radius 1 is 1.14 bits per heavy atom. The first-order chi connectivity index (χ1) is 17.4. The zero-order valence-electron chi connectivity index (χ0n) is 22.5. The molecule has 0 bridgehead atoms. The third-order valence-electron chi connectivity index (χ3n) is 6.32. The van der Waals surface area contributed by atoms with Gasteiger partial charge in [0.15, 0.2) is 0 Å². The van der Waals surface area contributed by atoms with Crippen LogP contribution in [0.25, 0.3) is 0 Å². The van der Waals surface area contributed by atoms with Crippen molar-refractivity contribution in [2.24, 2.45) is 0 Å². The van der Waals surface area contributed by atoms with Gasteiger partial charge in [0.25, 0.3) is 0 Å². The van der Waals surface area contributed by atoms with Gasteiger partial charge < -0.3 is 15.0 Å². The van der Waals surface area contributed by atoms with Crippen LogP contribution in [0.1, 0.15) is 51.2 Å². The summed E-state index contributed by atoms with van der Waals surface area (Å²) in [7, 11) is -2.04. The Morgan fingerprint density at radius 3 is 2.43 bits per heavy atom. The minimum absolute atomic E-state index is 0.0204. The molecule has 10 heteroatoms. The van der Waals surface area contributed by atoms with Gasteiger partial charge in [-0.2, -0.15) is 0 Å². The molecule has 8 nitrogen and oxygen atoms in total. The van der Waals surface area contributed by atoms with E-state index in [0.29, 0.717) is 22.0 Å². The summed E-state index contributed by atoms with van der Waals surface area (Å²) < 4.78 is 31.7. The molecule has 1 N–H and O–H groups in total. The predicted molar refractivity (Wildman–Crippen MR) is 149 cm³/mol. The summed E-state index contributed by atoms with van der Waals surface area (Å²) in [6.07, 6.45) is 2.24. The molecule has 0 aliphatic heterocycles. The van der Waals surface area contributed by atoms with Crippen molar-refractivity contribution in [3.05, 3.63) is 58.6 Å². The molecule has 2 rings (SSSR count).